The lowest BCUT2D eigenvalue weighted by Gasteiger charge is -2.62. The lowest BCUT2D eigenvalue weighted by Crippen LogP contribution is -2.54. The first-order valence-electron chi connectivity index (χ1n) is 10.4. The van der Waals surface area contributed by atoms with Crippen LogP contribution in [0.1, 0.15) is 44.9 Å². The van der Waals surface area contributed by atoms with E-state index in [-0.39, 0.29) is 0 Å². The Labute approximate surface area is 152 Å². The van der Waals surface area contributed by atoms with Crippen LogP contribution in [0.25, 0.3) is 0 Å². The van der Waals surface area contributed by atoms with E-state index in [1.165, 1.54) is 38.5 Å². The van der Waals surface area contributed by atoms with Gasteiger partial charge in [0.25, 0.3) is 0 Å². The van der Waals surface area contributed by atoms with Crippen LogP contribution in [0.3, 0.4) is 0 Å². The van der Waals surface area contributed by atoms with Gasteiger partial charge in [0, 0.05) is 13.2 Å². The third-order valence-corrected chi connectivity index (χ3v) is 9.11. The van der Waals surface area contributed by atoms with E-state index in [9.17, 15) is 0 Å². The zero-order valence-electron chi connectivity index (χ0n) is 17.0. The number of rotatable bonds is 8. The quantitative estimate of drug-likeness (QED) is 0.496. The van der Waals surface area contributed by atoms with E-state index >= 15 is 0 Å². The monoisotopic (exact) mass is 368 g/mol. The molecule has 4 saturated carbocycles. The molecule has 4 aliphatic carbocycles. The van der Waals surface area contributed by atoms with Crippen LogP contribution >= 0.6 is 0 Å². The van der Waals surface area contributed by atoms with Crippen LogP contribution in [0.2, 0.25) is 39.3 Å². The molecule has 24 heavy (non-hydrogen) atoms. The van der Waals surface area contributed by atoms with Crippen LogP contribution in [-0.2, 0) is 8.85 Å². The fourth-order valence-corrected chi connectivity index (χ4v) is 7.59. The van der Waals surface area contributed by atoms with Crippen LogP contribution in [0, 0.1) is 29.1 Å². The Morgan fingerprint density at radius 3 is 1.38 bits per heavy atom. The molecule has 4 heteroatoms. The van der Waals surface area contributed by atoms with Crippen molar-refractivity contribution in [3.05, 3.63) is 0 Å². The van der Waals surface area contributed by atoms with E-state index < -0.39 is 16.6 Å². The molecule has 0 N–H and O–H groups in total. The van der Waals surface area contributed by atoms with Crippen molar-refractivity contribution < 1.29 is 8.85 Å². The molecule has 0 aliphatic heterocycles. The maximum Gasteiger partial charge on any atom is 0.183 e. The van der Waals surface area contributed by atoms with E-state index in [2.05, 4.69) is 39.3 Å². The van der Waals surface area contributed by atoms with Gasteiger partial charge in [-0.25, -0.2) is 0 Å². The highest BCUT2D eigenvalue weighted by Gasteiger charge is 2.56. The smallest absolute Gasteiger partial charge is 0.183 e. The van der Waals surface area contributed by atoms with Crippen molar-refractivity contribution in [2.45, 2.75) is 84.2 Å². The van der Waals surface area contributed by atoms with E-state index in [1.54, 1.807) is 6.42 Å². The van der Waals surface area contributed by atoms with Gasteiger partial charge >= 0.3 is 0 Å². The van der Waals surface area contributed by atoms with E-state index in [0.717, 1.165) is 36.9 Å². The van der Waals surface area contributed by atoms with Gasteiger partial charge < -0.3 is 8.85 Å². The maximum absolute atomic E-state index is 6.31. The summed E-state index contributed by atoms with van der Waals surface area (Å²) in [6.45, 7) is 15.9. The van der Waals surface area contributed by atoms with Gasteiger partial charge in [-0.05, 0) is 113 Å². The highest BCUT2D eigenvalue weighted by Crippen LogP contribution is 2.64. The third kappa shape index (κ3) is 4.36. The van der Waals surface area contributed by atoms with Gasteiger partial charge in [0.1, 0.15) is 0 Å². The average molecular weight is 369 g/mol. The molecule has 0 aromatic carbocycles. The van der Waals surface area contributed by atoms with Gasteiger partial charge in [0.2, 0.25) is 0 Å². The van der Waals surface area contributed by atoms with E-state index in [4.69, 9.17) is 8.85 Å². The molecule has 0 radical (unpaired) electrons. The van der Waals surface area contributed by atoms with Gasteiger partial charge in [0.15, 0.2) is 16.6 Å². The predicted molar refractivity (Wildman–Crippen MR) is 107 cm³/mol. The highest BCUT2D eigenvalue weighted by atomic mass is 28.4. The third-order valence-electron chi connectivity index (χ3n) is 6.97. The first-order chi connectivity index (χ1) is 11.1. The first kappa shape index (κ1) is 19.1. The summed E-state index contributed by atoms with van der Waals surface area (Å²) in [5.74, 6) is 4.03. The largest absolute Gasteiger partial charge is 0.418 e. The van der Waals surface area contributed by atoms with Crippen LogP contribution in [0.5, 0.6) is 0 Å². The second-order valence-electron chi connectivity index (χ2n) is 11.0. The molecule has 0 heterocycles. The van der Waals surface area contributed by atoms with Crippen molar-refractivity contribution in [2.24, 2.45) is 29.1 Å². The molecular weight excluding hydrogens is 328 g/mol. The second-order valence-corrected chi connectivity index (χ2v) is 20.0. The fraction of sp³-hybridized carbons (Fsp3) is 1.00. The summed E-state index contributed by atoms with van der Waals surface area (Å²) in [6.07, 6.45) is 10.2. The van der Waals surface area contributed by atoms with Crippen molar-refractivity contribution in [1.29, 1.82) is 0 Å². The van der Waals surface area contributed by atoms with Crippen molar-refractivity contribution in [2.75, 3.05) is 13.2 Å². The summed E-state index contributed by atoms with van der Waals surface area (Å²) in [6, 6.07) is 0. The molecule has 2 nitrogen and oxygen atoms in total. The minimum Gasteiger partial charge on any atom is -0.418 e. The van der Waals surface area contributed by atoms with Crippen LogP contribution in [-0.4, -0.2) is 29.8 Å². The van der Waals surface area contributed by atoms with Crippen molar-refractivity contribution in [1.82, 2.24) is 0 Å². The normalized spacial score (nSPS) is 34.8. The van der Waals surface area contributed by atoms with Crippen molar-refractivity contribution in [3.63, 3.8) is 0 Å². The SMILES string of the molecule is C[Si](C)(C)OCCC1(CCO[Si](C)(C)C)C2CC3CC(C2)CC1C3. The molecule has 4 bridgehead atoms. The van der Waals surface area contributed by atoms with Gasteiger partial charge in [0.05, 0.1) is 0 Å². The summed E-state index contributed by atoms with van der Waals surface area (Å²) in [4.78, 5) is 0. The van der Waals surface area contributed by atoms with Crippen molar-refractivity contribution in [3.8, 4) is 0 Å². The lowest BCUT2D eigenvalue weighted by molar-refractivity contribution is -0.126. The van der Waals surface area contributed by atoms with E-state index in [1.807, 2.05) is 0 Å². The predicted octanol–water partition coefficient (Wildman–Crippen LogP) is 5.91. The minimum atomic E-state index is -1.40. The zero-order chi connectivity index (χ0) is 17.6. The summed E-state index contributed by atoms with van der Waals surface area (Å²) in [5.41, 5.74) is 0.534. The van der Waals surface area contributed by atoms with E-state index in [0.29, 0.717) is 5.41 Å². The molecule has 0 spiro atoms. The molecule has 4 fully saturated rings. The highest BCUT2D eigenvalue weighted by molar-refractivity contribution is 6.70. The minimum absolute atomic E-state index is 0.534. The Hall–Kier alpha value is 0.354. The summed E-state index contributed by atoms with van der Waals surface area (Å²) in [7, 11) is -2.80. The molecule has 4 rings (SSSR count). The van der Waals surface area contributed by atoms with Gasteiger partial charge in [-0.15, -0.1) is 0 Å². The molecule has 0 aromatic rings. The van der Waals surface area contributed by atoms with Gasteiger partial charge in [-0.2, -0.15) is 0 Å². The number of hydrogen-bond donors (Lipinski definition) is 0. The first-order valence-corrected chi connectivity index (χ1v) is 17.2. The lowest BCUT2D eigenvalue weighted by atomic mass is 9.44. The Morgan fingerprint density at radius 1 is 0.667 bits per heavy atom. The Balaban J connectivity index is 1.69. The summed E-state index contributed by atoms with van der Waals surface area (Å²) < 4.78 is 12.6. The summed E-state index contributed by atoms with van der Waals surface area (Å²) in [5, 5.41) is 0. The molecule has 0 amide bonds. The second kappa shape index (κ2) is 6.82. The summed E-state index contributed by atoms with van der Waals surface area (Å²) >= 11 is 0. The standard InChI is InChI=1S/C20H40O2Si2/c1-23(2,3)21-9-7-20(8-10-22-24(4,5)6)18-12-16-11-17(14-18)15-19(20)13-16/h16-19H,7-15H2,1-6H3. The van der Waals surface area contributed by atoms with Gasteiger partial charge in [-0.1, -0.05) is 0 Å². The average Bonchev–Trinajstić information content (AvgIpc) is 2.40. The fourth-order valence-electron chi connectivity index (χ4n) is 6.16. The van der Waals surface area contributed by atoms with Crippen LogP contribution < -0.4 is 0 Å². The van der Waals surface area contributed by atoms with Crippen molar-refractivity contribution >= 4 is 16.6 Å². The molecule has 4 aliphatic rings. The van der Waals surface area contributed by atoms with Gasteiger partial charge in [-0.3, -0.25) is 0 Å². The Kier molecular flexibility index (Phi) is 5.44. The Bertz CT molecular complexity index is 386. The maximum atomic E-state index is 6.31. The zero-order valence-corrected chi connectivity index (χ0v) is 19.0. The molecule has 140 valence electrons. The van der Waals surface area contributed by atoms with Crippen LogP contribution in [0.4, 0.5) is 0 Å². The van der Waals surface area contributed by atoms with Crippen LogP contribution in [0.15, 0.2) is 0 Å². The Morgan fingerprint density at radius 2 is 1.04 bits per heavy atom. The molecule has 0 unspecified atom stereocenters. The molecule has 0 atom stereocenters. The molecular formula is C20H40O2Si2. The topological polar surface area (TPSA) is 18.5 Å². The number of hydrogen-bond acceptors (Lipinski definition) is 2. The molecule has 0 saturated heterocycles. The molecule has 0 aromatic heterocycles.